The van der Waals surface area contributed by atoms with E-state index in [-0.39, 0.29) is 0 Å². The van der Waals surface area contributed by atoms with E-state index in [0.29, 0.717) is 12.8 Å². The van der Waals surface area contributed by atoms with Crippen molar-refractivity contribution in [1.82, 2.24) is 0 Å². The van der Waals surface area contributed by atoms with Crippen LogP contribution in [0.3, 0.4) is 0 Å². The Hall–Kier alpha value is -0.910. The molecule has 0 aliphatic carbocycles. The number of carboxylic acid groups (broad SMARTS) is 1. The van der Waals surface area contributed by atoms with Gasteiger partial charge in [-0.2, -0.15) is 12.8 Å². The number of unbranched alkanes of at least 4 members (excludes halogenated alkanes) is 6. The fourth-order valence-electron chi connectivity index (χ4n) is 1.62. The predicted octanol–water partition coefficient (Wildman–Crippen LogP) is 2.64. The third-order valence-electron chi connectivity index (χ3n) is 2.58. The molecule has 0 aromatic heterocycles. The number of carbonyl (C=O) groups is 1. The van der Waals surface area contributed by atoms with E-state index in [1.54, 1.807) is 0 Å². The van der Waals surface area contributed by atoms with Gasteiger partial charge < -0.3 is 5.11 Å². The average Bonchev–Trinajstić information content (AvgIpc) is 2.25. The molecule has 0 aromatic carbocycles. The van der Waals surface area contributed by atoms with Gasteiger partial charge in [-0.3, -0.25) is 0 Å². The fraction of sp³-hybridized carbons (Fsp3) is 0.909. The van der Waals surface area contributed by atoms with Crippen molar-refractivity contribution in [3.63, 3.8) is 0 Å². The first-order chi connectivity index (χ1) is 8.07. The zero-order valence-corrected chi connectivity index (χ0v) is 11.1. The van der Waals surface area contributed by atoms with Crippen molar-refractivity contribution in [1.29, 1.82) is 0 Å². The van der Waals surface area contributed by atoms with Gasteiger partial charge in [0, 0.05) is 0 Å². The zero-order chi connectivity index (χ0) is 13.1. The molecule has 0 spiro atoms. The first-order valence-corrected chi connectivity index (χ1v) is 7.14. The molecule has 0 aliphatic heterocycles. The van der Waals surface area contributed by atoms with Crippen LogP contribution in [-0.4, -0.2) is 25.5 Å². The van der Waals surface area contributed by atoms with E-state index in [9.17, 15) is 13.2 Å². The lowest BCUT2D eigenvalue weighted by Crippen LogP contribution is -2.17. The Bertz CT molecular complexity index is 329. The molecule has 6 heteroatoms. The van der Waals surface area contributed by atoms with Crippen molar-refractivity contribution < 1.29 is 18.3 Å². The van der Waals surface area contributed by atoms with E-state index in [1.165, 1.54) is 19.3 Å². The Morgan fingerprint density at radius 3 is 2.12 bits per heavy atom. The van der Waals surface area contributed by atoms with Crippen molar-refractivity contribution in [2.24, 2.45) is 4.36 Å². The highest BCUT2D eigenvalue weighted by Crippen LogP contribution is 2.11. The minimum absolute atomic E-state index is 0.303. The van der Waals surface area contributed by atoms with Gasteiger partial charge >= 0.3 is 16.5 Å². The van der Waals surface area contributed by atoms with Crippen LogP contribution in [0.25, 0.3) is 0 Å². The van der Waals surface area contributed by atoms with Gasteiger partial charge in [-0.25, -0.2) is 4.79 Å². The van der Waals surface area contributed by atoms with Crippen LogP contribution in [0.5, 0.6) is 0 Å². The topological polar surface area (TPSA) is 83.8 Å². The molecule has 0 aliphatic rings. The van der Waals surface area contributed by atoms with Gasteiger partial charge in [-0.15, -0.1) is 0 Å². The maximum Gasteiger partial charge on any atom is 0.329 e. The maximum atomic E-state index is 10.7. The quantitative estimate of drug-likeness (QED) is 0.614. The van der Waals surface area contributed by atoms with E-state index in [4.69, 9.17) is 5.11 Å². The average molecular weight is 263 g/mol. The second-order valence-corrected chi connectivity index (χ2v) is 4.73. The van der Waals surface area contributed by atoms with Gasteiger partial charge in [-0.05, 0) is 6.42 Å². The van der Waals surface area contributed by atoms with E-state index in [0.717, 1.165) is 19.3 Å². The minimum atomic E-state index is -2.63. The number of aliphatic carboxylic acids is 1. The minimum Gasteiger partial charge on any atom is -0.480 e. The Kier molecular flexibility index (Phi) is 9.71. The van der Waals surface area contributed by atoms with Crippen LogP contribution < -0.4 is 0 Å². The second-order valence-electron chi connectivity index (χ2n) is 4.09. The molecular weight excluding hydrogens is 242 g/mol. The number of rotatable bonds is 10. The van der Waals surface area contributed by atoms with Crippen LogP contribution in [0.4, 0.5) is 0 Å². The molecular formula is C11H21NO4S. The number of hydrogen-bond acceptors (Lipinski definition) is 4. The maximum absolute atomic E-state index is 10.7. The summed E-state index contributed by atoms with van der Waals surface area (Å²) >= 11 is 0. The Balaban J connectivity index is 3.70. The largest absolute Gasteiger partial charge is 0.480 e. The Morgan fingerprint density at radius 2 is 1.65 bits per heavy atom. The molecule has 0 rings (SSSR count). The molecule has 0 fully saturated rings. The fourth-order valence-corrected chi connectivity index (χ4v) is 2.02. The highest BCUT2D eigenvalue weighted by molar-refractivity contribution is 7.61. The highest BCUT2D eigenvalue weighted by Gasteiger charge is 2.15. The van der Waals surface area contributed by atoms with Crippen molar-refractivity contribution in [2.75, 3.05) is 0 Å². The number of carboxylic acids is 1. The lowest BCUT2D eigenvalue weighted by Gasteiger charge is -2.04. The van der Waals surface area contributed by atoms with E-state index in [1.807, 2.05) is 0 Å². The summed E-state index contributed by atoms with van der Waals surface area (Å²) in [7, 11) is -2.63. The third-order valence-corrected chi connectivity index (χ3v) is 3.01. The van der Waals surface area contributed by atoms with Gasteiger partial charge in [0.25, 0.3) is 0 Å². The van der Waals surface area contributed by atoms with Crippen molar-refractivity contribution >= 4 is 16.5 Å². The van der Waals surface area contributed by atoms with Crippen molar-refractivity contribution in [3.05, 3.63) is 0 Å². The first kappa shape index (κ1) is 16.1. The molecule has 1 atom stereocenters. The summed E-state index contributed by atoms with van der Waals surface area (Å²) in [6, 6.07) is -1.11. The molecule has 0 amide bonds. The van der Waals surface area contributed by atoms with Crippen LogP contribution in [-0.2, 0) is 15.3 Å². The number of nitrogens with zero attached hydrogens (tertiary/aromatic N) is 1. The van der Waals surface area contributed by atoms with Gasteiger partial charge in [0.05, 0.1) is 0 Å². The van der Waals surface area contributed by atoms with Crippen LogP contribution in [0.2, 0.25) is 0 Å². The lowest BCUT2D eigenvalue weighted by atomic mass is 10.1. The van der Waals surface area contributed by atoms with Gasteiger partial charge in [-0.1, -0.05) is 51.9 Å². The summed E-state index contributed by atoms with van der Waals surface area (Å²) in [5, 5.41) is 8.73. The van der Waals surface area contributed by atoms with E-state index >= 15 is 0 Å². The normalized spacial score (nSPS) is 12.1. The zero-order valence-electron chi connectivity index (χ0n) is 10.3. The predicted molar refractivity (Wildman–Crippen MR) is 65.4 cm³/mol. The Labute approximate surface area is 104 Å². The second kappa shape index (κ2) is 10.3. The van der Waals surface area contributed by atoms with E-state index < -0.39 is 22.5 Å². The molecule has 1 N–H and O–H groups in total. The van der Waals surface area contributed by atoms with Gasteiger partial charge in [0.15, 0.2) is 6.04 Å². The summed E-state index contributed by atoms with van der Waals surface area (Å²) in [6.45, 7) is 2.15. The molecule has 5 nitrogen and oxygen atoms in total. The highest BCUT2D eigenvalue weighted by atomic mass is 32.2. The number of hydrogen-bond donors (Lipinski definition) is 1. The molecule has 0 aromatic rings. The summed E-state index contributed by atoms with van der Waals surface area (Å²) < 4.78 is 23.7. The summed E-state index contributed by atoms with van der Waals surface area (Å²) in [5.74, 6) is -1.17. The molecule has 0 heterocycles. The standard InChI is InChI=1S/C11H21NO4S/c1-2-3-4-5-6-7-8-9-10(11(13)14)12-17(15)16/h10H,2-9H2,1H3,(H,13,14). The molecule has 100 valence electrons. The molecule has 17 heavy (non-hydrogen) atoms. The summed E-state index contributed by atoms with van der Waals surface area (Å²) in [4.78, 5) is 10.7. The lowest BCUT2D eigenvalue weighted by molar-refractivity contribution is -0.138. The monoisotopic (exact) mass is 263 g/mol. The van der Waals surface area contributed by atoms with Crippen molar-refractivity contribution in [3.8, 4) is 0 Å². The van der Waals surface area contributed by atoms with Crippen LogP contribution >= 0.6 is 0 Å². The van der Waals surface area contributed by atoms with Crippen LogP contribution in [0, 0.1) is 0 Å². The molecule has 0 bridgehead atoms. The van der Waals surface area contributed by atoms with Crippen LogP contribution in [0.15, 0.2) is 4.36 Å². The third kappa shape index (κ3) is 9.99. The van der Waals surface area contributed by atoms with E-state index in [2.05, 4.69) is 11.3 Å². The van der Waals surface area contributed by atoms with Gasteiger partial charge in [0.2, 0.25) is 0 Å². The smallest absolute Gasteiger partial charge is 0.329 e. The van der Waals surface area contributed by atoms with Crippen LogP contribution in [0.1, 0.15) is 58.3 Å². The molecule has 0 radical (unpaired) electrons. The molecule has 0 saturated carbocycles. The SMILES string of the molecule is CCCCCCCCCC(N=S(=O)=O)C(=O)O. The van der Waals surface area contributed by atoms with Crippen molar-refractivity contribution in [2.45, 2.75) is 64.3 Å². The molecule has 0 saturated heterocycles. The molecule has 1 unspecified atom stereocenters. The first-order valence-electron chi connectivity index (χ1n) is 6.11. The summed E-state index contributed by atoms with van der Waals surface area (Å²) in [6.07, 6.45) is 7.85. The Morgan fingerprint density at radius 1 is 1.12 bits per heavy atom. The summed E-state index contributed by atoms with van der Waals surface area (Å²) in [5.41, 5.74) is 0. The van der Waals surface area contributed by atoms with Gasteiger partial charge in [0.1, 0.15) is 0 Å².